The molecule has 1 rings (SSSR count). The van der Waals surface area contributed by atoms with Crippen molar-refractivity contribution in [2.24, 2.45) is 0 Å². The molecule has 0 aliphatic carbocycles. The lowest BCUT2D eigenvalue weighted by Gasteiger charge is -2.40. The molecule has 0 spiro atoms. The lowest BCUT2D eigenvalue weighted by atomic mass is 10.1. The van der Waals surface area contributed by atoms with Gasteiger partial charge in [-0.3, -0.25) is 4.79 Å². The summed E-state index contributed by atoms with van der Waals surface area (Å²) in [6.07, 6.45) is 0. The first kappa shape index (κ1) is 14.5. The van der Waals surface area contributed by atoms with Gasteiger partial charge in [-0.1, -0.05) is 31.0 Å². The van der Waals surface area contributed by atoms with Crippen molar-refractivity contribution in [1.82, 2.24) is 0 Å². The van der Waals surface area contributed by atoms with Gasteiger partial charge >= 0.3 is 10.2 Å². The van der Waals surface area contributed by atoms with Gasteiger partial charge in [-0.2, -0.15) is 0 Å². The first-order valence-electron chi connectivity index (χ1n) is 3.98. The molecule has 1 aromatic carbocycles. The van der Waals surface area contributed by atoms with E-state index in [0.717, 1.165) is 0 Å². The molecule has 0 radical (unpaired) electrons. The summed E-state index contributed by atoms with van der Waals surface area (Å²) in [6, 6.07) is 0.748. The van der Waals surface area contributed by atoms with E-state index in [4.69, 9.17) is 23.2 Å². The molecule has 0 aliphatic heterocycles. The van der Waals surface area contributed by atoms with Crippen LogP contribution in [0.3, 0.4) is 0 Å². The summed E-state index contributed by atoms with van der Waals surface area (Å²) in [5, 5.41) is -0.360. The highest BCUT2D eigenvalue weighted by atomic mass is 35.5. The summed E-state index contributed by atoms with van der Waals surface area (Å²) >= 11 is 10.6. The van der Waals surface area contributed by atoms with E-state index in [0.29, 0.717) is 6.07 Å². The van der Waals surface area contributed by atoms with Gasteiger partial charge in [-0.05, 0) is 18.2 Å². The molecular weight excluding hydrogens is 310 g/mol. The van der Waals surface area contributed by atoms with Crippen LogP contribution in [-0.4, -0.2) is 11.7 Å². The Bertz CT molecular complexity index is 484. The molecule has 0 bridgehead atoms. The minimum atomic E-state index is -9.81. The number of ketones is 1. The van der Waals surface area contributed by atoms with E-state index in [-0.39, 0.29) is 17.2 Å². The van der Waals surface area contributed by atoms with E-state index in [1.807, 2.05) is 0 Å². The van der Waals surface area contributed by atoms with Crippen LogP contribution in [0.25, 0.3) is 0 Å². The number of benzene rings is 1. The summed E-state index contributed by atoms with van der Waals surface area (Å²) < 4.78 is 62.2. The molecule has 98 valence electrons. The maximum atomic E-state index is 12.4. The first-order chi connectivity index (χ1) is 7.35. The van der Waals surface area contributed by atoms with Crippen molar-refractivity contribution in [3.05, 3.63) is 28.8 Å². The van der Waals surface area contributed by atoms with Crippen LogP contribution in [0.1, 0.15) is 10.4 Å². The Morgan fingerprint density at radius 1 is 1.18 bits per heavy atom. The maximum Gasteiger partial charge on any atom is 0.310 e. The highest BCUT2D eigenvalue weighted by molar-refractivity contribution is 8.45. The van der Waals surface area contributed by atoms with Crippen molar-refractivity contribution in [2.45, 2.75) is 4.90 Å². The third kappa shape index (κ3) is 3.46. The number of halogens is 7. The fraction of sp³-hybridized carbons (Fsp3) is 0.125. The normalized spacial score (nSPS) is 16.2. The zero-order valence-corrected chi connectivity index (χ0v) is 10.2. The summed E-state index contributed by atoms with van der Waals surface area (Å²) in [4.78, 5) is 8.94. The Morgan fingerprint density at radius 3 is 2.12 bits per heavy atom. The molecule has 1 nitrogen and oxygen atoms in total. The van der Waals surface area contributed by atoms with E-state index in [1.165, 1.54) is 0 Å². The quantitative estimate of drug-likeness (QED) is 0.413. The van der Waals surface area contributed by atoms with E-state index in [2.05, 4.69) is 0 Å². The average Bonchev–Trinajstić information content (AvgIpc) is 2.13. The fourth-order valence-corrected chi connectivity index (χ4v) is 2.06. The Labute approximate surface area is 103 Å². The van der Waals surface area contributed by atoms with Gasteiger partial charge in [0.1, 0.15) is 4.90 Å². The minimum absolute atomic E-state index is 0.0224. The van der Waals surface area contributed by atoms with Crippen LogP contribution in [0.4, 0.5) is 19.4 Å². The second-order valence-electron chi connectivity index (χ2n) is 3.17. The lowest BCUT2D eigenvalue weighted by molar-refractivity contribution is 0.102. The van der Waals surface area contributed by atoms with Gasteiger partial charge in [0.2, 0.25) is 0 Å². The Morgan fingerprint density at radius 2 is 1.71 bits per heavy atom. The molecule has 0 fully saturated rings. The number of alkyl halides is 1. The third-order valence-electron chi connectivity index (χ3n) is 1.81. The standard InChI is InChI=1S/C8H5Cl2F5OS/c9-4-8(16)6-3-5(1-2-7(6)10)17(11,12,13,14)15/h1-3H,4H2. The summed E-state index contributed by atoms with van der Waals surface area (Å²) in [5.74, 6) is -1.61. The molecule has 0 atom stereocenters. The fourth-order valence-electron chi connectivity index (χ4n) is 1.03. The van der Waals surface area contributed by atoms with Crippen LogP contribution in [0.15, 0.2) is 23.1 Å². The molecule has 0 saturated heterocycles. The second-order valence-corrected chi connectivity index (χ2v) is 6.25. The van der Waals surface area contributed by atoms with E-state index in [9.17, 15) is 24.2 Å². The first-order valence-corrected chi connectivity index (χ1v) is 6.84. The number of carbonyl (C=O) groups is 1. The molecule has 17 heavy (non-hydrogen) atoms. The van der Waals surface area contributed by atoms with Crippen LogP contribution in [0.2, 0.25) is 5.02 Å². The van der Waals surface area contributed by atoms with Crippen LogP contribution < -0.4 is 0 Å². The van der Waals surface area contributed by atoms with Crippen molar-refractivity contribution in [3.8, 4) is 0 Å². The van der Waals surface area contributed by atoms with Crippen molar-refractivity contribution in [3.63, 3.8) is 0 Å². The van der Waals surface area contributed by atoms with Crippen LogP contribution in [-0.2, 0) is 0 Å². The summed E-state index contributed by atoms with van der Waals surface area (Å²) in [6.45, 7) is 0. The topological polar surface area (TPSA) is 17.1 Å². The highest BCUT2D eigenvalue weighted by Gasteiger charge is 2.65. The molecular formula is C8H5Cl2F5OS. The second kappa shape index (κ2) is 3.49. The van der Waals surface area contributed by atoms with E-state index < -0.39 is 32.3 Å². The van der Waals surface area contributed by atoms with Crippen LogP contribution in [0.5, 0.6) is 0 Å². The van der Waals surface area contributed by atoms with Gasteiger partial charge in [-0.15, -0.1) is 11.6 Å². The predicted octanol–water partition coefficient (Wildman–Crippen LogP) is 5.42. The van der Waals surface area contributed by atoms with Gasteiger partial charge < -0.3 is 0 Å². The third-order valence-corrected chi connectivity index (χ3v) is 3.52. The Balaban J connectivity index is 3.49. The van der Waals surface area contributed by atoms with Crippen molar-refractivity contribution < 1.29 is 24.2 Å². The smallest absolute Gasteiger partial charge is 0.293 e. The monoisotopic (exact) mass is 314 g/mol. The molecule has 0 heterocycles. The molecule has 0 unspecified atom stereocenters. The highest BCUT2D eigenvalue weighted by Crippen LogP contribution is 3.02. The number of hydrogen-bond donors (Lipinski definition) is 0. The zero-order chi connectivity index (χ0) is 13.5. The van der Waals surface area contributed by atoms with Crippen molar-refractivity contribution in [1.29, 1.82) is 0 Å². The zero-order valence-electron chi connectivity index (χ0n) is 7.90. The van der Waals surface area contributed by atoms with E-state index in [1.54, 1.807) is 0 Å². The SMILES string of the molecule is O=C(CCl)c1cc(S(F)(F)(F)(F)F)ccc1Cl. The molecule has 0 N–H and O–H groups in total. The van der Waals surface area contributed by atoms with Gasteiger partial charge in [0.05, 0.1) is 10.9 Å². The maximum absolute atomic E-state index is 12.4. The molecule has 0 aliphatic rings. The molecule has 0 aromatic heterocycles. The minimum Gasteiger partial charge on any atom is -0.293 e. The van der Waals surface area contributed by atoms with Gasteiger partial charge in [0, 0.05) is 5.56 Å². The Hall–Kier alpha value is -0.530. The number of hydrogen-bond acceptors (Lipinski definition) is 1. The lowest BCUT2D eigenvalue weighted by Crippen LogP contribution is -2.09. The van der Waals surface area contributed by atoms with Gasteiger partial charge in [0.15, 0.2) is 5.78 Å². The number of Topliss-reactive ketones (excluding diaryl/α,β-unsaturated/α-hetero) is 1. The van der Waals surface area contributed by atoms with Crippen molar-refractivity contribution in [2.75, 3.05) is 5.88 Å². The molecule has 9 heteroatoms. The molecule has 0 amide bonds. The van der Waals surface area contributed by atoms with Gasteiger partial charge in [-0.25, -0.2) is 0 Å². The molecule has 0 saturated carbocycles. The summed E-state index contributed by atoms with van der Waals surface area (Å²) in [5.41, 5.74) is -0.674. The Kier molecular flexibility index (Phi) is 2.98. The number of rotatable bonds is 3. The average molecular weight is 315 g/mol. The summed E-state index contributed by atoms with van der Waals surface area (Å²) in [7, 11) is -9.81. The van der Waals surface area contributed by atoms with Crippen LogP contribution in [0, 0.1) is 0 Å². The number of carbonyl (C=O) groups excluding carboxylic acids is 1. The van der Waals surface area contributed by atoms with E-state index >= 15 is 0 Å². The molecule has 1 aromatic rings. The van der Waals surface area contributed by atoms with Crippen LogP contribution >= 0.6 is 33.4 Å². The van der Waals surface area contributed by atoms with Crippen molar-refractivity contribution >= 4 is 39.2 Å². The predicted molar refractivity (Wildman–Crippen MR) is 57.9 cm³/mol. The largest absolute Gasteiger partial charge is 0.310 e. The van der Waals surface area contributed by atoms with Gasteiger partial charge in [0.25, 0.3) is 0 Å².